The second-order valence-corrected chi connectivity index (χ2v) is 4.94. The minimum Gasteiger partial charge on any atom is -0.0885 e. The second kappa shape index (κ2) is 13.5. The summed E-state index contributed by atoms with van der Waals surface area (Å²) in [6, 6.07) is 0. The lowest BCUT2D eigenvalue weighted by atomic mass is 10.1. The zero-order valence-electron chi connectivity index (χ0n) is 9.60. The predicted molar refractivity (Wildman–Crippen MR) is 75.3 cm³/mol. The summed E-state index contributed by atoms with van der Waals surface area (Å²) in [6.07, 6.45) is 17.2. The summed E-state index contributed by atoms with van der Waals surface area (Å²) in [4.78, 5) is 0. The molecule has 0 radical (unpaired) electrons. The molecule has 0 N–H and O–H groups in total. The molecule has 0 nitrogen and oxygen atoms in total. The van der Waals surface area contributed by atoms with Crippen LogP contribution in [0.3, 0.4) is 0 Å². The highest BCUT2D eigenvalue weighted by Gasteiger charge is 1.88. The van der Waals surface area contributed by atoms with Gasteiger partial charge in [-0.05, 0) is 19.3 Å². The zero-order valence-corrected chi connectivity index (χ0v) is 11.8. The van der Waals surface area contributed by atoms with Crippen LogP contribution in [0.4, 0.5) is 0 Å². The molecule has 0 aliphatic heterocycles. The van der Waals surface area contributed by atoms with E-state index in [9.17, 15) is 0 Å². The molecular weight excluding hydrogens is 283 g/mol. The average molecular weight is 308 g/mol. The second-order valence-electron chi connectivity index (χ2n) is 3.86. The Balaban J connectivity index is 2.91. The van der Waals surface area contributed by atoms with Gasteiger partial charge >= 0.3 is 0 Å². The zero-order chi connectivity index (χ0) is 10.5. The number of rotatable bonds is 10. The number of hydrogen-bond donors (Lipinski definition) is 0. The largest absolute Gasteiger partial charge is 0.0885 e. The lowest BCUT2D eigenvalue weighted by Crippen LogP contribution is -1.79. The monoisotopic (exact) mass is 308 g/mol. The van der Waals surface area contributed by atoms with Gasteiger partial charge in [0.15, 0.2) is 0 Å². The Labute approximate surface area is 104 Å². The first-order chi connectivity index (χ1) is 6.91. The van der Waals surface area contributed by atoms with E-state index in [1.54, 1.807) is 0 Å². The molecule has 0 spiro atoms. The van der Waals surface area contributed by atoms with Crippen molar-refractivity contribution in [2.75, 3.05) is 4.43 Å². The molecule has 0 unspecified atom stereocenters. The van der Waals surface area contributed by atoms with Gasteiger partial charge in [-0.2, -0.15) is 0 Å². The van der Waals surface area contributed by atoms with Gasteiger partial charge in [0.1, 0.15) is 0 Å². The summed E-state index contributed by atoms with van der Waals surface area (Å²) in [7, 11) is 0. The number of halogens is 1. The Bertz CT molecular complexity index is 118. The Morgan fingerprint density at radius 3 is 2.00 bits per heavy atom. The third-order valence-corrected chi connectivity index (χ3v) is 3.04. The van der Waals surface area contributed by atoms with Crippen molar-refractivity contribution >= 4 is 22.6 Å². The lowest BCUT2D eigenvalue weighted by Gasteiger charge is -1.98. The highest BCUT2D eigenvalue weighted by Crippen LogP contribution is 2.08. The fraction of sp³-hybridized carbons (Fsp3) is 0.846. The van der Waals surface area contributed by atoms with Gasteiger partial charge in [-0.15, -0.1) is 0 Å². The number of alkyl halides is 1. The molecule has 84 valence electrons. The molecule has 0 aromatic rings. The van der Waals surface area contributed by atoms with Crippen LogP contribution in [0.2, 0.25) is 0 Å². The van der Waals surface area contributed by atoms with E-state index in [-0.39, 0.29) is 0 Å². The minimum absolute atomic E-state index is 1.25. The van der Waals surface area contributed by atoms with Crippen LogP contribution in [0, 0.1) is 0 Å². The number of hydrogen-bond acceptors (Lipinski definition) is 0. The molecule has 0 fully saturated rings. The molecule has 0 aromatic carbocycles. The van der Waals surface area contributed by atoms with Crippen molar-refractivity contribution in [1.29, 1.82) is 0 Å². The summed E-state index contributed by atoms with van der Waals surface area (Å²) in [5.41, 5.74) is 0. The molecule has 0 amide bonds. The topological polar surface area (TPSA) is 0 Å². The van der Waals surface area contributed by atoms with Gasteiger partial charge in [-0.3, -0.25) is 0 Å². The SMILES string of the molecule is CCCCCCCCCC=CCCI. The van der Waals surface area contributed by atoms with Gasteiger partial charge in [-0.25, -0.2) is 0 Å². The Hall–Kier alpha value is 0.470. The van der Waals surface area contributed by atoms with Crippen molar-refractivity contribution in [3.63, 3.8) is 0 Å². The quantitative estimate of drug-likeness (QED) is 0.216. The van der Waals surface area contributed by atoms with Crippen molar-refractivity contribution in [3.05, 3.63) is 12.2 Å². The maximum Gasteiger partial charge on any atom is 0.00299 e. The third-order valence-electron chi connectivity index (χ3n) is 2.42. The van der Waals surface area contributed by atoms with Crippen molar-refractivity contribution in [3.8, 4) is 0 Å². The molecule has 14 heavy (non-hydrogen) atoms. The highest BCUT2D eigenvalue weighted by molar-refractivity contribution is 14.1. The highest BCUT2D eigenvalue weighted by atomic mass is 127. The van der Waals surface area contributed by atoms with Crippen molar-refractivity contribution in [1.82, 2.24) is 0 Å². The molecule has 0 aromatic heterocycles. The fourth-order valence-electron chi connectivity index (χ4n) is 1.52. The molecule has 0 aliphatic carbocycles. The van der Waals surface area contributed by atoms with Crippen molar-refractivity contribution in [2.24, 2.45) is 0 Å². The normalized spacial score (nSPS) is 11.3. The van der Waals surface area contributed by atoms with E-state index in [0.29, 0.717) is 0 Å². The van der Waals surface area contributed by atoms with Crippen LogP contribution < -0.4 is 0 Å². The molecule has 0 rings (SSSR count). The van der Waals surface area contributed by atoms with Gasteiger partial charge in [0, 0.05) is 4.43 Å². The molecular formula is C13H25I. The first-order valence-corrected chi connectivity index (χ1v) is 7.65. The van der Waals surface area contributed by atoms with E-state index >= 15 is 0 Å². The minimum atomic E-state index is 1.25. The van der Waals surface area contributed by atoms with Gasteiger partial charge in [-0.1, -0.05) is 80.2 Å². The summed E-state index contributed by atoms with van der Waals surface area (Å²) in [6.45, 7) is 2.28. The summed E-state index contributed by atoms with van der Waals surface area (Å²) in [5, 5.41) is 0. The van der Waals surface area contributed by atoms with Crippen LogP contribution >= 0.6 is 22.6 Å². The van der Waals surface area contributed by atoms with E-state index in [4.69, 9.17) is 0 Å². The van der Waals surface area contributed by atoms with E-state index < -0.39 is 0 Å². The van der Waals surface area contributed by atoms with Crippen LogP contribution in [-0.4, -0.2) is 4.43 Å². The van der Waals surface area contributed by atoms with Crippen LogP contribution in [0.25, 0.3) is 0 Å². The smallest absolute Gasteiger partial charge is 0.00299 e. The van der Waals surface area contributed by atoms with Crippen LogP contribution in [0.15, 0.2) is 12.2 Å². The molecule has 0 bridgehead atoms. The Kier molecular flexibility index (Phi) is 13.9. The summed E-state index contributed by atoms with van der Waals surface area (Å²) in [5.74, 6) is 0. The van der Waals surface area contributed by atoms with Gasteiger partial charge in [0.25, 0.3) is 0 Å². The van der Waals surface area contributed by atoms with Gasteiger partial charge in [0.05, 0.1) is 0 Å². The van der Waals surface area contributed by atoms with Gasteiger partial charge < -0.3 is 0 Å². The van der Waals surface area contributed by atoms with Crippen molar-refractivity contribution < 1.29 is 0 Å². The fourth-order valence-corrected chi connectivity index (χ4v) is 1.88. The van der Waals surface area contributed by atoms with Crippen LogP contribution in [-0.2, 0) is 0 Å². The van der Waals surface area contributed by atoms with E-state index in [2.05, 4.69) is 41.7 Å². The number of allylic oxidation sites excluding steroid dienone is 2. The lowest BCUT2D eigenvalue weighted by molar-refractivity contribution is 0.592. The van der Waals surface area contributed by atoms with E-state index in [1.807, 2.05) is 0 Å². The molecule has 0 saturated heterocycles. The Morgan fingerprint density at radius 1 is 0.786 bits per heavy atom. The first kappa shape index (κ1) is 14.5. The van der Waals surface area contributed by atoms with E-state index in [1.165, 1.54) is 62.2 Å². The maximum absolute atomic E-state index is 2.42. The first-order valence-electron chi connectivity index (χ1n) is 6.12. The molecule has 1 heteroatoms. The molecule has 0 saturated carbocycles. The molecule has 0 heterocycles. The molecule has 0 atom stereocenters. The molecule has 0 aliphatic rings. The average Bonchev–Trinajstić information content (AvgIpc) is 2.21. The third kappa shape index (κ3) is 12.5. The maximum atomic E-state index is 2.42. The Morgan fingerprint density at radius 2 is 1.36 bits per heavy atom. The summed E-state index contributed by atoms with van der Waals surface area (Å²) < 4.78 is 1.26. The van der Waals surface area contributed by atoms with E-state index in [0.717, 1.165) is 0 Å². The van der Waals surface area contributed by atoms with Crippen LogP contribution in [0.1, 0.15) is 64.7 Å². The standard InChI is InChI=1S/C13H25I/c1-2-3-4-5-6-7-8-9-10-11-12-13-14/h10-11H,2-9,12-13H2,1H3. The van der Waals surface area contributed by atoms with Crippen molar-refractivity contribution in [2.45, 2.75) is 64.7 Å². The predicted octanol–water partition coefficient (Wildman–Crippen LogP) is 5.51. The number of unbranched alkanes of at least 4 members (excludes halogenated alkanes) is 7. The van der Waals surface area contributed by atoms with Crippen LogP contribution in [0.5, 0.6) is 0 Å². The van der Waals surface area contributed by atoms with Gasteiger partial charge in [0.2, 0.25) is 0 Å². The summed E-state index contributed by atoms with van der Waals surface area (Å²) >= 11 is 2.42.